The lowest BCUT2D eigenvalue weighted by Gasteiger charge is -2.34. The zero-order valence-corrected chi connectivity index (χ0v) is 23.4. The summed E-state index contributed by atoms with van der Waals surface area (Å²) in [5.74, 6) is 2.61. The van der Waals surface area contributed by atoms with Gasteiger partial charge in [0.1, 0.15) is 5.82 Å². The molecule has 0 bridgehead atoms. The number of piperazine rings is 1. The number of halogens is 3. The molecular weight excluding hydrogens is 509 g/mol. The van der Waals surface area contributed by atoms with Crippen LogP contribution in [-0.4, -0.2) is 66.9 Å². The zero-order chi connectivity index (χ0) is 28.3. The first-order valence-electron chi connectivity index (χ1n) is 13.0. The molecule has 0 unspecified atom stereocenters. The second-order valence-corrected chi connectivity index (χ2v) is 10.1. The molecule has 1 saturated heterocycles. The fraction of sp³-hybridized carbons (Fsp3) is 0.483. The van der Waals surface area contributed by atoms with E-state index in [1.54, 1.807) is 21.3 Å². The van der Waals surface area contributed by atoms with Crippen LogP contribution in [0.3, 0.4) is 0 Å². The molecule has 0 aliphatic carbocycles. The highest BCUT2D eigenvalue weighted by molar-refractivity contribution is 5.58. The van der Waals surface area contributed by atoms with Crippen molar-refractivity contribution in [3.05, 3.63) is 58.9 Å². The normalized spacial score (nSPS) is 15.1. The third-order valence-electron chi connectivity index (χ3n) is 7.25. The molecule has 1 fully saturated rings. The van der Waals surface area contributed by atoms with Crippen LogP contribution in [0.2, 0.25) is 0 Å². The molecule has 2 heterocycles. The van der Waals surface area contributed by atoms with Crippen LogP contribution in [-0.2, 0) is 19.3 Å². The largest absolute Gasteiger partial charge is 0.493 e. The van der Waals surface area contributed by atoms with Crippen molar-refractivity contribution in [2.24, 2.45) is 0 Å². The summed E-state index contributed by atoms with van der Waals surface area (Å²) in [4.78, 5) is 9.67. The van der Waals surface area contributed by atoms with E-state index >= 15 is 0 Å². The maximum absolute atomic E-state index is 13.1. The van der Waals surface area contributed by atoms with Crippen molar-refractivity contribution in [3.63, 3.8) is 0 Å². The predicted molar refractivity (Wildman–Crippen MR) is 144 cm³/mol. The third kappa shape index (κ3) is 6.17. The van der Waals surface area contributed by atoms with Gasteiger partial charge in [-0.2, -0.15) is 13.2 Å². The minimum atomic E-state index is -4.36. The lowest BCUT2D eigenvalue weighted by Crippen LogP contribution is -2.45. The Hall–Kier alpha value is -3.24. The molecule has 39 heavy (non-hydrogen) atoms. The minimum Gasteiger partial charge on any atom is -0.493 e. The van der Waals surface area contributed by atoms with Crippen molar-refractivity contribution in [2.75, 3.05) is 47.5 Å². The summed E-state index contributed by atoms with van der Waals surface area (Å²) >= 11 is 0. The van der Waals surface area contributed by atoms with E-state index in [-0.39, 0.29) is 6.04 Å². The maximum atomic E-state index is 13.1. The number of alkyl halides is 3. The summed E-state index contributed by atoms with van der Waals surface area (Å²) in [6, 6.07) is 9.29. The monoisotopic (exact) mass is 546 g/mol. The Labute approximate surface area is 228 Å². The molecule has 0 radical (unpaired) electrons. The van der Waals surface area contributed by atoms with E-state index in [4.69, 9.17) is 19.2 Å². The van der Waals surface area contributed by atoms with Crippen LogP contribution in [0.5, 0.6) is 17.2 Å². The molecule has 4 rings (SSSR count). The van der Waals surface area contributed by atoms with Gasteiger partial charge in [0.25, 0.3) is 0 Å². The molecular formula is C29H37F3N4O3. The second-order valence-electron chi connectivity index (χ2n) is 10.1. The van der Waals surface area contributed by atoms with Crippen molar-refractivity contribution < 1.29 is 27.4 Å². The number of methoxy groups -OCH3 is 3. The van der Waals surface area contributed by atoms with Gasteiger partial charge < -0.3 is 18.8 Å². The number of benzene rings is 2. The van der Waals surface area contributed by atoms with Gasteiger partial charge in [-0.25, -0.2) is 4.98 Å². The van der Waals surface area contributed by atoms with Gasteiger partial charge in [0.05, 0.1) is 32.6 Å². The molecule has 212 valence electrons. The molecule has 7 nitrogen and oxygen atoms in total. The summed E-state index contributed by atoms with van der Waals surface area (Å²) in [6.07, 6.45) is -4.36. The number of hydrogen-bond donors (Lipinski definition) is 0. The smallest absolute Gasteiger partial charge is 0.416 e. The van der Waals surface area contributed by atoms with Gasteiger partial charge in [0.15, 0.2) is 11.5 Å². The molecule has 0 amide bonds. The molecule has 1 aliphatic heterocycles. The lowest BCUT2D eigenvalue weighted by atomic mass is 10.1. The molecule has 3 aromatic rings. The van der Waals surface area contributed by atoms with Gasteiger partial charge in [0, 0.05) is 62.1 Å². The summed E-state index contributed by atoms with van der Waals surface area (Å²) in [5.41, 5.74) is 3.05. The molecule has 1 aromatic heterocycles. The van der Waals surface area contributed by atoms with Crippen molar-refractivity contribution in [3.8, 4) is 28.6 Å². The minimum absolute atomic E-state index is 0.122. The first-order chi connectivity index (χ1) is 18.6. The lowest BCUT2D eigenvalue weighted by molar-refractivity contribution is -0.137. The van der Waals surface area contributed by atoms with Crippen molar-refractivity contribution >= 4 is 0 Å². The van der Waals surface area contributed by atoms with E-state index in [0.29, 0.717) is 35.2 Å². The fourth-order valence-electron chi connectivity index (χ4n) is 5.20. The SMILES string of the molecule is COc1ccc(CN2CCN(Cc3nc(-c4ccc(C(F)(F)F)cc4)n(C(C)C)c3C)CC2)c(OC)c1OC. The van der Waals surface area contributed by atoms with Gasteiger partial charge in [-0.05, 0) is 39.0 Å². The molecule has 10 heteroatoms. The Kier molecular flexibility index (Phi) is 8.76. The quantitative estimate of drug-likeness (QED) is 0.338. The number of nitrogens with zero attached hydrogens (tertiary/aromatic N) is 4. The summed E-state index contributed by atoms with van der Waals surface area (Å²) in [5, 5.41) is 0. The number of imidazole rings is 1. The number of hydrogen-bond acceptors (Lipinski definition) is 6. The van der Waals surface area contributed by atoms with Crippen molar-refractivity contribution in [2.45, 2.75) is 46.1 Å². The predicted octanol–water partition coefficient (Wildman–Crippen LogP) is 5.80. The fourth-order valence-corrected chi connectivity index (χ4v) is 5.20. The standard InChI is InChI=1S/C29H37F3N4O3/c1-19(2)36-20(3)24(33-28(36)21-7-10-23(11-8-21)29(30,31)32)18-35-15-13-34(14-16-35)17-22-9-12-25(37-4)27(39-6)26(22)38-5/h7-12,19H,13-18H2,1-6H3. The zero-order valence-electron chi connectivity index (χ0n) is 23.4. The van der Waals surface area contributed by atoms with Crippen LogP contribution < -0.4 is 14.2 Å². The molecule has 2 aromatic carbocycles. The molecule has 0 atom stereocenters. The number of rotatable bonds is 9. The van der Waals surface area contributed by atoms with E-state index in [2.05, 4.69) is 28.2 Å². The average Bonchev–Trinajstić information content (AvgIpc) is 3.24. The Bertz CT molecular complexity index is 1260. The van der Waals surface area contributed by atoms with E-state index in [0.717, 1.165) is 61.8 Å². The highest BCUT2D eigenvalue weighted by Crippen LogP contribution is 2.40. The topological polar surface area (TPSA) is 52.0 Å². The molecule has 0 spiro atoms. The third-order valence-corrected chi connectivity index (χ3v) is 7.25. The van der Waals surface area contributed by atoms with Crippen LogP contribution in [0, 0.1) is 6.92 Å². The van der Waals surface area contributed by atoms with Crippen LogP contribution in [0.25, 0.3) is 11.4 Å². The van der Waals surface area contributed by atoms with E-state index < -0.39 is 11.7 Å². The van der Waals surface area contributed by atoms with Gasteiger partial charge >= 0.3 is 6.18 Å². The highest BCUT2D eigenvalue weighted by atomic mass is 19.4. The van der Waals surface area contributed by atoms with E-state index in [1.807, 2.05) is 19.1 Å². The Balaban J connectivity index is 1.45. The molecule has 1 aliphatic rings. The van der Waals surface area contributed by atoms with Crippen LogP contribution in [0.15, 0.2) is 36.4 Å². The van der Waals surface area contributed by atoms with E-state index in [9.17, 15) is 13.2 Å². The molecule has 0 N–H and O–H groups in total. The van der Waals surface area contributed by atoms with E-state index in [1.165, 1.54) is 12.1 Å². The Morgan fingerprint density at radius 3 is 1.92 bits per heavy atom. The van der Waals surface area contributed by atoms with Gasteiger partial charge in [-0.3, -0.25) is 9.80 Å². The number of ether oxygens (including phenoxy) is 3. The summed E-state index contributed by atoms with van der Waals surface area (Å²) < 4.78 is 57.9. The Morgan fingerprint density at radius 1 is 0.821 bits per heavy atom. The van der Waals surface area contributed by atoms with Crippen LogP contribution in [0.1, 0.15) is 42.4 Å². The van der Waals surface area contributed by atoms with Gasteiger partial charge in [-0.15, -0.1) is 0 Å². The molecule has 0 saturated carbocycles. The second kappa shape index (κ2) is 11.9. The number of aromatic nitrogens is 2. The van der Waals surface area contributed by atoms with Gasteiger partial charge in [-0.1, -0.05) is 18.2 Å². The first-order valence-corrected chi connectivity index (χ1v) is 13.0. The summed E-state index contributed by atoms with van der Waals surface area (Å²) in [6.45, 7) is 11.1. The van der Waals surface area contributed by atoms with Crippen LogP contribution in [0.4, 0.5) is 13.2 Å². The van der Waals surface area contributed by atoms with Gasteiger partial charge in [0.2, 0.25) is 5.75 Å². The first kappa shape index (κ1) is 28.8. The maximum Gasteiger partial charge on any atom is 0.416 e. The highest BCUT2D eigenvalue weighted by Gasteiger charge is 2.30. The van der Waals surface area contributed by atoms with Crippen molar-refractivity contribution in [1.29, 1.82) is 0 Å². The average molecular weight is 547 g/mol. The summed E-state index contributed by atoms with van der Waals surface area (Å²) in [7, 11) is 4.85. The Morgan fingerprint density at radius 2 is 1.41 bits per heavy atom. The van der Waals surface area contributed by atoms with Crippen molar-refractivity contribution in [1.82, 2.24) is 19.4 Å². The van der Waals surface area contributed by atoms with Crippen LogP contribution >= 0.6 is 0 Å².